The van der Waals surface area contributed by atoms with E-state index in [-0.39, 0.29) is 18.1 Å². The van der Waals surface area contributed by atoms with Gasteiger partial charge in [0.2, 0.25) is 5.91 Å². The van der Waals surface area contributed by atoms with E-state index in [9.17, 15) is 9.90 Å². The molecule has 2 heterocycles. The van der Waals surface area contributed by atoms with Crippen molar-refractivity contribution in [3.8, 4) is 0 Å². The number of fused-ring (bicyclic) bond motifs is 1. The number of carbonyl (C=O) groups excluding carboxylic acids is 1. The minimum absolute atomic E-state index is 0.0809. The number of hydrogen-bond donors (Lipinski definition) is 3. The molecule has 5 nitrogen and oxygen atoms in total. The molecule has 0 spiro atoms. The molecule has 0 saturated carbocycles. The first-order chi connectivity index (χ1) is 12.1. The first-order valence-corrected chi connectivity index (χ1v) is 9.32. The number of nitrogens with zero attached hydrogens (tertiary/aromatic N) is 1. The second-order valence-electron chi connectivity index (χ2n) is 7.20. The number of amides is 1. The van der Waals surface area contributed by atoms with Gasteiger partial charge in [0.1, 0.15) is 0 Å². The minimum atomic E-state index is -0.317. The van der Waals surface area contributed by atoms with Gasteiger partial charge in [-0.05, 0) is 57.7 Å². The Bertz CT molecular complexity index is 710. The SMILES string of the molecule is CC(O)CC1CCCN1C(C)C(=O)NCCc1c[nH]c2ccccc12. The predicted octanol–water partition coefficient (Wildman–Crippen LogP) is 2.45. The third kappa shape index (κ3) is 4.22. The molecule has 25 heavy (non-hydrogen) atoms. The van der Waals surface area contributed by atoms with Gasteiger partial charge in [-0.1, -0.05) is 18.2 Å². The van der Waals surface area contributed by atoms with Gasteiger partial charge in [-0.2, -0.15) is 0 Å². The average molecular weight is 343 g/mol. The van der Waals surface area contributed by atoms with Crippen LogP contribution in [0.4, 0.5) is 0 Å². The van der Waals surface area contributed by atoms with Crippen molar-refractivity contribution in [3.05, 3.63) is 36.0 Å². The summed E-state index contributed by atoms with van der Waals surface area (Å²) in [6, 6.07) is 8.40. The van der Waals surface area contributed by atoms with Gasteiger partial charge in [-0.25, -0.2) is 0 Å². The van der Waals surface area contributed by atoms with Gasteiger partial charge in [0, 0.05) is 29.7 Å². The van der Waals surface area contributed by atoms with E-state index in [1.165, 1.54) is 10.9 Å². The highest BCUT2D eigenvalue weighted by atomic mass is 16.3. The number of aromatic amines is 1. The lowest BCUT2D eigenvalue weighted by Crippen LogP contribution is -2.48. The molecule has 5 heteroatoms. The van der Waals surface area contributed by atoms with Crippen molar-refractivity contribution in [3.63, 3.8) is 0 Å². The number of H-pyrrole nitrogens is 1. The molecule has 3 N–H and O–H groups in total. The Morgan fingerprint density at radius 3 is 3.00 bits per heavy atom. The third-order valence-corrected chi connectivity index (χ3v) is 5.28. The normalized spacial score (nSPS) is 20.7. The van der Waals surface area contributed by atoms with Crippen LogP contribution >= 0.6 is 0 Å². The first kappa shape index (κ1) is 18.0. The average Bonchev–Trinajstić information content (AvgIpc) is 3.21. The monoisotopic (exact) mass is 343 g/mol. The van der Waals surface area contributed by atoms with Crippen LogP contribution in [0.1, 0.15) is 38.7 Å². The molecular formula is C20H29N3O2. The summed E-state index contributed by atoms with van der Waals surface area (Å²) >= 11 is 0. The van der Waals surface area contributed by atoms with Gasteiger partial charge in [0.15, 0.2) is 0 Å². The fourth-order valence-electron chi connectivity index (χ4n) is 3.97. The van der Waals surface area contributed by atoms with Crippen LogP contribution in [0.15, 0.2) is 30.5 Å². The number of nitrogens with one attached hydrogen (secondary N) is 2. The summed E-state index contributed by atoms with van der Waals surface area (Å²) in [4.78, 5) is 18.0. The molecule has 3 unspecified atom stereocenters. The molecule has 136 valence electrons. The Morgan fingerprint density at radius 1 is 1.40 bits per heavy atom. The maximum absolute atomic E-state index is 12.5. The quantitative estimate of drug-likeness (QED) is 0.723. The van der Waals surface area contributed by atoms with Crippen molar-refractivity contribution in [2.24, 2.45) is 0 Å². The number of benzene rings is 1. The van der Waals surface area contributed by atoms with E-state index in [1.54, 1.807) is 0 Å². The highest BCUT2D eigenvalue weighted by molar-refractivity contribution is 5.83. The summed E-state index contributed by atoms with van der Waals surface area (Å²) in [5.74, 6) is 0.0809. The zero-order chi connectivity index (χ0) is 17.8. The Hall–Kier alpha value is -1.85. The third-order valence-electron chi connectivity index (χ3n) is 5.28. The van der Waals surface area contributed by atoms with Crippen LogP contribution in [-0.2, 0) is 11.2 Å². The Morgan fingerprint density at radius 2 is 2.20 bits per heavy atom. The molecule has 2 aromatic rings. The van der Waals surface area contributed by atoms with Gasteiger partial charge < -0.3 is 15.4 Å². The highest BCUT2D eigenvalue weighted by Crippen LogP contribution is 2.24. The summed E-state index contributed by atoms with van der Waals surface area (Å²) in [7, 11) is 0. The zero-order valence-corrected chi connectivity index (χ0v) is 15.2. The molecule has 0 bridgehead atoms. The van der Waals surface area contributed by atoms with Gasteiger partial charge in [-0.15, -0.1) is 0 Å². The molecule has 0 radical (unpaired) electrons. The van der Waals surface area contributed by atoms with Gasteiger partial charge in [-0.3, -0.25) is 9.69 Å². The second kappa shape index (κ2) is 8.02. The first-order valence-electron chi connectivity index (χ1n) is 9.32. The Balaban J connectivity index is 1.52. The van der Waals surface area contributed by atoms with Crippen LogP contribution in [0.3, 0.4) is 0 Å². The molecular weight excluding hydrogens is 314 g/mol. The minimum Gasteiger partial charge on any atom is -0.393 e. The van der Waals surface area contributed by atoms with Crippen molar-refractivity contribution in [1.82, 2.24) is 15.2 Å². The number of aliphatic hydroxyl groups is 1. The fourth-order valence-corrected chi connectivity index (χ4v) is 3.97. The molecule has 1 amide bonds. The molecule has 1 saturated heterocycles. The number of carbonyl (C=O) groups is 1. The number of para-hydroxylation sites is 1. The molecule has 1 aliphatic heterocycles. The van der Waals surface area contributed by atoms with Crippen LogP contribution in [0.25, 0.3) is 10.9 Å². The Kier molecular flexibility index (Phi) is 5.76. The maximum atomic E-state index is 12.5. The molecule has 3 atom stereocenters. The van der Waals surface area contributed by atoms with Gasteiger partial charge >= 0.3 is 0 Å². The van der Waals surface area contributed by atoms with E-state index in [2.05, 4.69) is 27.3 Å². The Labute approximate surface area is 149 Å². The number of hydrogen-bond acceptors (Lipinski definition) is 3. The van der Waals surface area contributed by atoms with E-state index < -0.39 is 0 Å². The van der Waals surface area contributed by atoms with Crippen LogP contribution in [0.5, 0.6) is 0 Å². The zero-order valence-electron chi connectivity index (χ0n) is 15.2. The number of aromatic nitrogens is 1. The maximum Gasteiger partial charge on any atom is 0.237 e. The van der Waals surface area contributed by atoms with E-state index in [4.69, 9.17) is 0 Å². The second-order valence-corrected chi connectivity index (χ2v) is 7.20. The molecule has 1 aliphatic rings. The van der Waals surface area contributed by atoms with Crippen molar-refractivity contribution in [1.29, 1.82) is 0 Å². The lowest BCUT2D eigenvalue weighted by molar-refractivity contribution is -0.126. The van der Waals surface area contributed by atoms with Crippen LogP contribution in [0.2, 0.25) is 0 Å². The topological polar surface area (TPSA) is 68.4 Å². The van der Waals surface area contributed by atoms with Crippen LogP contribution in [0, 0.1) is 0 Å². The highest BCUT2D eigenvalue weighted by Gasteiger charge is 2.32. The molecule has 1 aromatic carbocycles. The van der Waals surface area contributed by atoms with E-state index in [0.717, 1.165) is 37.7 Å². The molecule has 1 fully saturated rings. The van der Waals surface area contributed by atoms with Crippen molar-refractivity contribution in [2.45, 2.75) is 57.7 Å². The standard InChI is InChI=1S/C20H29N3O2/c1-14(24)12-17-6-5-11-23(17)15(2)20(25)21-10-9-16-13-22-19-8-4-3-7-18(16)19/h3-4,7-8,13-15,17,22,24H,5-6,9-12H2,1-2H3,(H,21,25). The largest absolute Gasteiger partial charge is 0.393 e. The predicted molar refractivity (Wildman–Crippen MR) is 101 cm³/mol. The van der Waals surface area contributed by atoms with Crippen LogP contribution < -0.4 is 5.32 Å². The van der Waals surface area contributed by atoms with E-state index in [0.29, 0.717) is 12.6 Å². The van der Waals surface area contributed by atoms with Gasteiger partial charge in [0.05, 0.1) is 12.1 Å². The fraction of sp³-hybridized carbons (Fsp3) is 0.550. The lowest BCUT2D eigenvalue weighted by atomic mass is 10.1. The molecule has 0 aliphatic carbocycles. The lowest BCUT2D eigenvalue weighted by Gasteiger charge is -2.30. The summed E-state index contributed by atoms with van der Waals surface area (Å²) in [6.07, 6.45) is 5.44. The number of rotatable bonds is 7. The van der Waals surface area contributed by atoms with Crippen molar-refractivity contribution >= 4 is 16.8 Å². The summed E-state index contributed by atoms with van der Waals surface area (Å²) in [6.45, 7) is 5.37. The molecule has 1 aromatic heterocycles. The summed E-state index contributed by atoms with van der Waals surface area (Å²) in [5, 5.41) is 14.0. The summed E-state index contributed by atoms with van der Waals surface area (Å²) in [5.41, 5.74) is 2.37. The van der Waals surface area contributed by atoms with E-state index >= 15 is 0 Å². The summed E-state index contributed by atoms with van der Waals surface area (Å²) < 4.78 is 0. The molecule has 3 rings (SSSR count). The van der Waals surface area contributed by atoms with E-state index in [1.807, 2.05) is 32.2 Å². The van der Waals surface area contributed by atoms with Crippen molar-refractivity contribution < 1.29 is 9.90 Å². The van der Waals surface area contributed by atoms with Gasteiger partial charge in [0.25, 0.3) is 0 Å². The van der Waals surface area contributed by atoms with Crippen molar-refractivity contribution in [2.75, 3.05) is 13.1 Å². The number of aliphatic hydroxyl groups excluding tert-OH is 1. The van der Waals surface area contributed by atoms with Crippen LogP contribution in [-0.4, -0.2) is 52.2 Å². The number of likely N-dealkylation sites (tertiary alicyclic amines) is 1. The smallest absolute Gasteiger partial charge is 0.237 e.